The van der Waals surface area contributed by atoms with Gasteiger partial charge in [-0.15, -0.1) is 0 Å². The molecule has 8 nitrogen and oxygen atoms in total. The Hall–Kier alpha value is -2.58. The first-order chi connectivity index (χ1) is 16.4. The molecule has 0 bridgehead atoms. The number of nitrogens with one attached hydrogen (secondary N) is 1. The van der Waals surface area contributed by atoms with Gasteiger partial charge >= 0.3 is 5.69 Å². The number of aliphatic hydroxyl groups is 1. The molecule has 8 heteroatoms. The van der Waals surface area contributed by atoms with Crippen molar-refractivity contribution in [3.05, 3.63) is 46.6 Å². The van der Waals surface area contributed by atoms with E-state index in [-0.39, 0.29) is 36.1 Å². The van der Waals surface area contributed by atoms with Crippen LogP contribution in [0.5, 0.6) is 0 Å². The molecule has 0 spiro atoms. The lowest BCUT2D eigenvalue weighted by molar-refractivity contribution is -0.178. The van der Waals surface area contributed by atoms with Gasteiger partial charge in [-0.1, -0.05) is 26.0 Å². The molecular weight excluding hydrogens is 434 g/mol. The van der Waals surface area contributed by atoms with Crippen molar-refractivity contribution in [1.29, 1.82) is 0 Å². The van der Waals surface area contributed by atoms with E-state index in [1.165, 1.54) is 0 Å². The summed E-state index contributed by atoms with van der Waals surface area (Å²) in [5, 5.41) is 9.33. The average Bonchev–Trinajstić information content (AvgIpc) is 3.18. The minimum atomic E-state index is -0.491. The number of benzene rings is 1. The molecule has 1 amide bonds. The van der Waals surface area contributed by atoms with Gasteiger partial charge in [0.1, 0.15) is 0 Å². The number of allylic oxidation sites excluding steroid dienone is 1. The zero-order valence-electron chi connectivity index (χ0n) is 20.4. The minimum Gasteiger partial charge on any atom is -0.459 e. The Morgan fingerprint density at radius 1 is 1.26 bits per heavy atom. The first kappa shape index (κ1) is 24.5. The van der Waals surface area contributed by atoms with Gasteiger partial charge in [0.05, 0.1) is 11.0 Å². The fourth-order valence-corrected chi connectivity index (χ4v) is 5.44. The van der Waals surface area contributed by atoms with Gasteiger partial charge in [0, 0.05) is 38.3 Å². The van der Waals surface area contributed by atoms with Gasteiger partial charge < -0.3 is 24.5 Å². The summed E-state index contributed by atoms with van der Waals surface area (Å²) in [6.45, 7) is 7.98. The maximum absolute atomic E-state index is 13.4. The second-order valence-electron chi connectivity index (χ2n) is 9.66. The molecule has 3 atom stereocenters. The van der Waals surface area contributed by atoms with Gasteiger partial charge in [-0.05, 0) is 62.7 Å². The van der Waals surface area contributed by atoms with Crippen LogP contribution in [0.3, 0.4) is 0 Å². The highest BCUT2D eigenvalue weighted by Gasteiger charge is 2.39. The fraction of sp³-hybridized carbons (Fsp3) is 0.615. The summed E-state index contributed by atoms with van der Waals surface area (Å²) in [7, 11) is 0. The number of imidazole rings is 1. The third-order valence-electron chi connectivity index (χ3n) is 7.18. The quantitative estimate of drug-likeness (QED) is 0.615. The lowest BCUT2D eigenvalue weighted by atomic mass is 9.78. The molecular formula is C26H37N3O5. The number of para-hydroxylation sites is 2. The van der Waals surface area contributed by atoms with Crippen molar-refractivity contribution >= 4 is 16.9 Å². The lowest BCUT2D eigenvalue weighted by Gasteiger charge is -2.40. The molecule has 1 fully saturated rings. The van der Waals surface area contributed by atoms with Crippen molar-refractivity contribution in [1.82, 2.24) is 14.5 Å². The molecule has 2 N–H and O–H groups in total. The number of rotatable bonds is 8. The normalized spacial score (nSPS) is 23.9. The zero-order chi connectivity index (χ0) is 24.2. The molecule has 1 aromatic heterocycles. The summed E-state index contributed by atoms with van der Waals surface area (Å²) in [6.07, 6.45) is 4.37. The number of aliphatic hydroxyl groups excluding tert-OH is 1. The number of piperidine rings is 1. The number of carbonyl (C=O) groups excluding carboxylic acids is 1. The first-order valence-electron chi connectivity index (χ1n) is 12.5. The van der Waals surface area contributed by atoms with Gasteiger partial charge in [0.15, 0.2) is 5.76 Å². The monoisotopic (exact) mass is 471 g/mol. The number of amides is 1. The van der Waals surface area contributed by atoms with Crippen LogP contribution in [-0.4, -0.2) is 58.1 Å². The van der Waals surface area contributed by atoms with E-state index in [4.69, 9.17) is 9.47 Å². The Kier molecular flexibility index (Phi) is 7.78. The highest BCUT2D eigenvalue weighted by Crippen LogP contribution is 2.38. The van der Waals surface area contributed by atoms with Crippen LogP contribution in [0.2, 0.25) is 0 Å². The van der Waals surface area contributed by atoms with E-state index in [2.05, 4.69) is 18.8 Å². The van der Waals surface area contributed by atoms with E-state index in [0.29, 0.717) is 50.6 Å². The van der Waals surface area contributed by atoms with Crippen LogP contribution in [0.15, 0.2) is 40.9 Å². The van der Waals surface area contributed by atoms with Crippen LogP contribution >= 0.6 is 0 Å². The topological polar surface area (TPSA) is 96.8 Å². The first-order valence-corrected chi connectivity index (χ1v) is 12.5. The molecule has 1 aromatic carbocycles. The third-order valence-corrected chi connectivity index (χ3v) is 7.18. The van der Waals surface area contributed by atoms with E-state index in [0.717, 1.165) is 17.5 Å². The number of likely N-dealkylation sites (tertiary alicyclic amines) is 1. The molecule has 4 rings (SSSR count). The Labute approximate surface area is 200 Å². The Morgan fingerprint density at radius 3 is 2.68 bits per heavy atom. The predicted octanol–water partition coefficient (Wildman–Crippen LogP) is 3.43. The molecule has 2 aromatic rings. The Bertz CT molecular complexity index is 1060. The van der Waals surface area contributed by atoms with Gasteiger partial charge in [-0.25, -0.2) is 4.79 Å². The number of aromatic amines is 1. The molecule has 0 saturated carbocycles. The molecule has 0 radical (unpaired) electrons. The Morgan fingerprint density at radius 2 is 2.00 bits per heavy atom. The summed E-state index contributed by atoms with van der Waals surface area (Å²) < 4.78 is 13.8. The van der Waals surface area contributed by atoms with Crippen molar-refractivity contribution < 1.29 is 19.4 Å². The van der Waals surface area contributed by atoms with E-state index in [1.54, 1.807) is 0 Å². The van der Waals surface area contributed by atoms with Crippen molar-refractivity contribution in [2.24, 2.45) is 17.8 Å². The number of ether oxygens (including phenoxy) is 2. The fourth-order valence-electron chi connectivity index (χ4n) is 5.44. The number of nitrogens with zero attached hydrogens (tertiary/aromatic N) is 2. The maximum atomic E-state index is 13.4. The number of carbonyl (C=O) groups is 1. The molecule has 3 heterocycles. The third kappa shape index (κ3) is 4.93. The van der Waals surface area contributed by atoms with Crippen molar-refractivity contribution in [2.75, 3.05) is 26.3 Å². The smallest absolute Gasteiger partial charge is 0.326 e. The van der Waals surface area contributed by atoms with Crippen molar-refractivity contribution in [2.45, 2.75) is 58.8 Å². The number of hydrogen-bond acceptors (Lipinski definition) is 5. The minimum absolute atomic E-state index is 0.0522. The number of fused-ring (bicyclic) bond motifs is 1. The second-order valence-corrected chi connectivity index (χ2v) is 9.66. The van der Waals surface area contributed by atoms with E-state index in [9.17, 15) is 14.7 Å². The van der Waals surface area contributed by atoms with Crippen LogP contribution in [0.1, 0.15) is 52.5 Å². The highest BCUT2D eigenvalue weighted by atomic mass is 16.7. The maximum Gasteiger partial charge on any atom is 0.326 e. The van der Waals surface area contributed by atoms with Gasteiger partial charge in [-0.2, -0.15) is 0 Å². The van der Waals surface area contributed by atoms with Gasteiger partial charge in [-0.3, -0.25) is 9.36 Å². The molecule has 186 valence electrons. The SMILES string of the molecule is CCO[C@H]1OC(C(=O)N2CCC(n3c(=O)[nH]c4ccccc43)CC2)=C[C@@H](C(C)C)[C@@H]1CCCO. The summed E-state index contributed by atoms with van der Waals surface area (Å²) in [5.41, 5.74) is 1.64. The zero-order valence-corrected chi connectivity index (χ0v) is 20.4. The van der Waals surface area contributed by atoms with E-state index >= 15 is 0 Å². The largest absolute Gasteiger partial charge is 0.459 e. The number of hydrogen-bond donors (Lipinski definition) is 2. The van der Waals surface area contributed by atoms with Crippen LogP contribution < -0.4 is 5.69 Å². The molecule has 0 aliphatic carbocycles. The molecule has 2 aliphatic heterocycles. The molecule has 0 unspecified atom stereocenters. The summed E-state index contributed by atoms with van der Waals surface area (Å²) in [5.74, 6) is 0.805. The number of H-pyrrole nitrogens is 1. The standard InChI is InChI=1S/C26H37N3O5/c1-4-33-25-19(8-7-15-30)20(17(2)3)16-23(34-25)24(31)28-13-11-18(12-14-28)29-22-10-6-5-9-21(22)27-26(29)32/h5-6,9-10,16-20,25,30H,4,7-8,11-15H2,1-3H3,(H,27,32)/t19-,20-,25-/m0/s1. The van der Waals surface area contributed by atoms with E-state index in [1.807, 2.05) is 46.7 Å². The highest BCUT2D eigenvalue weighted by molar-refractivity contribution is 5.91. The predicted molar refractivity (Wildman–Crippen MR) is 130 cm³/mol. The molecule has 2 aliphatic rings. The summed E-state index contributed by atoms with van der Waals surface area (Å²) >= 11 is 0. The molecule has 34 heavy (non-hydrogen) atoms. The second kappa shape index (κ2) is 10.8. The van der Waals surface area contributed by atoms with Crippen molar-refractivity contribution in [3.63, 3.8) is 0 Å². The Balaban J connectivity index is 1.48. The molecule has 1 saturated heterocycles. The van der Waals surface area contributed by atoms with Crippen LogP contribution in [-0.2, 0) is 14.3 Å². The van der Waals surface area contributed by atoms with E-state index < -0.39 is 6.29 Å². The van der Waals surface area contributed by atoms with Crippen molar-refractivity contribution in [3.8, 4) is 0 Å². The van der Waals surface area contributed by atoms with Crippen LogP contribution in [0, 0.1) is 17.8 Å². The van der Waals surface area contributed by atoms with Gasteiger partial charge in [0.2, 0.25) is 6.29 Å². The summed E-state index contributed by atoms with van der Waals surface area (Å²) in [4.78, 5) is 30.8. The summed E-state index contributed by atoms with van der Waals surface area (Å²) in [6, 6.07) is 7.77. The number of aromatic nitrogens is 2. The average molecular weight is 472 g/mol. The lowest BCUT2D eigenvalue weighted by Crippen LogP contribution is -2.45. The van der Waals surface area contributed by atoms with Crippen LogP contribution in [0.4, 0.5) is 0 Å². The van der Waals surface area contributed by atoms with Gasteiger partial charge in [0.25, 0.3) is 5.91 Å². The van der Waals surface area contributed by atoms with Crippen LogP contribution in [0.25, 0.3) is 11.0 Å².